The van der Waals surface area contributed by atoms with Gasteiger partial charge in [0.25, 0.3) is 0 Å². The van der Waals surface area contributed by atoms with Gasteiger partial charge in [-0.3, -0.25) is 4.79 Å². The summed E-state index contributed by atoms with van der Waals surface area (Å²) in [5, 5.41) is 4.07. The first-order valence-electron chi connectivity index (χ1n) is 7.36. The van der Waals surface area contributed by atoms with Crippen LogP contribution in [-0.4, -0.2) is 18.7 Å². The molecule has 0 heterocycles. The van der Waals surface area contributed by atoms with Crippen LogP contribution in [0.1, 0.15) is 18.1 Å². The zero-order valence-electron chi connectivity index (χ0n) is 13.3. The number of benzene rings is 2. The summed E-state index contributed by atoms with van der Waals surface area (Å²) in [5.74, 6) is 0.622. The minimum Gasteiger partial charge on any atom is -0.497 e. The maximum absolute atomic E-state index is 11.9. The van der Waals surface area contributed by atoms with Crippen molar-refractivity contribution >= 4 is 17.7 Å². The third-order valence-electron chi connectivity index (χ3n) is 3.20. The monoisotopic (exact) mass is 308 g/mol. The fourth-order valence-corrected chi connectivity index (χ4v) is 1.94. The smallest absolute Gasteiger partial charge is 0.244 e. The Bertz CT molecular complexity index is 689. The lowest BCUT2D eigenvalue weighted by Crippen LogP contribution is -2.20. The van der Waals surface area contributed by atoms with Crippen molar-refractivity contribution in [1.29, 1.82) is 0 Å². The molecule has 1 amide bonds. The molecule has 4 heteroatoms. The lowest BCUT2D eigenvalue weighted by molar-refractivity contribution is -0.120. The Morgan fingerprint density at radius 3 is 2.48 bits per heavy atom. The number of allylic oxidation sites excluding steroid dienone is 1. The van der Waals surface area contributed by atoms with E-state index in [1.807, 2.05) is 73.7 Å². The van der Waals surface area contributed by atoms with E-state index in [9.17, 15) is 4.79 Å². The Kier molecular flexibility index (Phi) is 6.12. The predicted molar refractivity (Wildman–Crippen MR) is 93.4 cm³/mol. The van der Waals surface area contributed by atoms with Crippen molar-refractivity contribution < 1.29 is 9.53 Å². The van der Waals surface area contributed by atoms with Gasteiger partial charge in [0.2, 0.25) is 5.91 Å². The Labute approximate surface area is 136 Å². The molecule has 0 saturated carbocycles. The highest BCUT2D eigenvalue weighted by Crippen LogP contribution is 2.11. The number of amides is 1. The van der Waals surface area contributed by atoms with Crippen LogP contribution in [0.4, 0.5) is 0 Å². The molecule has 1 N–H and O–H groups in total. The Morgan fingerprint density at radius 1 is 1.13 bits per heavy atom. The molecule has 0 aliphatic carbocycles. The Balaban J connectivity index is 1.85. The molecule has 23 heavy (non-hydrogen) atoms. The van der Waals surface area contributed by atoms with E-state index in [4.69, 9.17) is 4.74 Å². The quantitative estimate of drug-likeness (QED) is 0.656. The maximum atomic E-state index is 11.9. The van der Waals surface area contributed by atoms with E-state index in [1.54, 1.807) is 7.11 Å². The summed E-state index contributed by atoms with van der Waals surface area (Å²) in [6.07, 6.45) is 4.10. The molecule has 2 aromatic carbocycles. The van der Waals surface area contributed by atoms with Gasteiger partial charge in [-0.1, -0.05) is 48.5 Å². The molecule has 0 radical (unpaired) electrons. The van der Waals surface area contributed by atoms with Crippen LogP contribution < -0.4 is 10.2 Å². The molecule has 0 spiro atoms. The molecule has 0 saturated heterocycles. The number of hydrogen-bond donors (Lipinski definition) is 1. The highest BCUT2D eigenvalue weighted by Gasteiger charge is 2.02. The molecule has 2 rings (SSSR count). The van der Waals surface area contributed by atoms with Gasteiger partial charge in [-0.05, 0) is 36.3 Å². The summed E-state index contributed by atoms with van der Waals surface area (Å²) in [7, 11) is 1.61. The first kappa shape index (κ1) is 16.5. The van der Waals surface area contributed by atoms with Gasteiger partial charge in [0.1, 0.15) is 5.75 Å². The van der Waals surface area contributed by atoms with Crippen LogP contribution in [0.15, 0.2) is 65.8 Å². The van der Waals surface area contributed by atoms with Gasteiger partial charge in [0, 0.05) is 0 Å². The van der Waals surface area contributed by atoms with E-state index >= 15 is 0 Å². The number of methoxy groups -OCH3 is 1. The molecule has 0 aliphatic rings. The van der Waals surface area contributed by atoms with Gasteiger partial charge in [0.05, 0.1) is 19.2 Å². The molecular formula is C19H20N2O2. The number of hydrogen-bond acceptors (Lipinski definition) is 3. The Hall–Kier alpha value is -2.88. The fraction of sp³-hybridized carbons (Fsp3) is 0.158. The summed E-state index contributed by atoms with van der Waals surface area (Å²) in [6, 6.07) is 17.3. The van der Waals surface area contributed by atoms with E-state index in [1.165, 1.54) is 0 Å². The fourth-order valence-electron chi connectivity index (χ4n) is 1.94. The van der Waals surface area contributed by atoms with Crippen molar-refractivity contribution in [2.75, 3.05) is 7.11 Å². The molecule has 0 fully saturated rings. The zero-order chi connectivity index (χ0) is 16.5. The second-order valence-corrected chi connectivity index (χ2v) is 5.06. The highest BCUT2D eigenvalue weighted by molar-refractivity contribution is 5.97. The summed E-state index contributed by atoms with van der Waals surface area (Å²) in [4.78, 5) is 11.9. The number of nitrogens with one attached hydrogen (secondary N) is 1. The van der Waals surface area contributed by atoms with E-state index in [2.05, 4.69) is 10.5 Å². The Morgan fingerprint density at radius 2 is 1.83 bits per heavy atom. The molecule has 118 valence electrons. The van der Waals surface area contributed by atoms with Crippen molar-refractivity contribution in [2.45, 2.75) is 13.3 Å². The first-order chi connectivity index (χ1) is 11.2. The van der Waals surface area contributed by atoms with Gasteiger partial charge in [0.15, 0.2) is 0 Å². The number of rotatable bonds is 6. The van der Waals surface area contributed by atoms with Crippen molar-refractivity contribution in [3.05, 3.63) is 71.8 Å². The second kappa shape index (κ2) is 8.54. The van der Waals surface area contributed by atoms with Crippen LogP contribution in [0, 0.1) is 0 Å². The largest absolute Gasteiger partial charge is 0.497 e. The van der Waals surface area contributed by atoms with Crippen LogP contribution in [0.25, 0.3) is 6.08 Å². The number of nitrogens with zero attached hydrogens (tertiary/aromatic N) is 1. The normalized spacial score (nSPS) is 11.5. The van der Waals surface area contributed by atoms with Crippen LogP contribution in [0.3, 0.4) is 0 Å². The van der Waals surface area contributed by atoms with Crippen LogP contribution >= 0.6 is 0 Å². The minimum atomic E-state index is -0.150. The van der Waals surface area contributed by atoms with Crippen LogP contribution in [0.5, 0.6) is 5.75 Å². The van der Waals surface area contributed by atoms with Crippen LogP contribution in [0.2, 0.25) is 0 Å². The lowest BCUT2D eigenvalue weighted by atomic mass is 10.1. The van der Waals surface area contributed by atoms with Gasteiger partial charge >= 0.3 is 0 Å². The molecule has 4 nitrogen and oxygen atoms in total. The zero-order valence-corrected chi connectivity index (χ0v) is 13.3. The van der Waals surface area contributed by atoms with E-state index in [0.29, 0.717) is 0 Å². The molecule has 0 bridgehead atoms. The predicted octanol–water partition coefficient (Wildman–Crippen LogP) is 3.44. The average molecular weight is 308 g/mol. The molecular weight excluding hydrogens is 288 g/mol. The number of carbonyl (C=O) groups excluding carboxylic acids is 1. The van der Waals surface area contributed by atoms with Gasteiger partial charge in [-0.15, -0.1) is 0 Å². The highest BCUT2D eigenvalue weighted by atomic mass is 16.5. The standard InChI is InChI=1S/C19H20N2O2/c1-15(8-9-16-6-4-3-5-7-16)20-21-19(22)14-17-10-12-18(23-2)13-11-17/h3-13H,14H2,1-2H3,(H,21,22). The third kappa shape index (κ3) is 5.79. The summed E-state index contributed by atoms with van der Waals surface area (Å²) >= 11 is 0. The van der Waals surface area contributed by atoms with Crippen molar-refractivity contribution in [1.82, 2.24) is 5.43 Å². The summed E-state index contributed by atoms with van der Waals surface area (Å²) in [6.45, 7) is 1.84. The van der Waals surface area contributed by atoms with Gasteiger partial charge in [-0.25, -0.2) is 5.43 Å². The number of carbonyl (C=O) groups is 1. The summed E-state index contributed by atoms with van der Waals surface area (Å²) < 4.78 is 5.09. The molecule has 0 aliphatic heterocycles. The van der Waals surface area contributed by atoms with Gasteiger partial charge in [-0.2, -0.15) is 5.10 Å². The first-order valence-corrected chi connectivity index (χ1v) is 7.36. The molecule has 2 aromatic rings. The van der Waals surface area contributed by atoms with Crippen molar-refractivity contribution in [2.24, 2.45) is 5.10 Å². The average Bonchev–Trinajstić information content (AvgIpc) is 2.60. The van der Waals surface area contributed by atoms with Crippen molar-refractivity contribution in [3.8, 4) is 5.75 Å². The van der Waals surface area contributed by atoms with E-state index in [-0.39, 0.29) is 12.3 Å². The van der Waals surface area contributed by atoms with Crippen molar-refractivity contribution in [3.63, 3.8) is 0 Å². The minimum absolute atomic E-state index is 0.150. The number of ether oxygens (including phenoxy) is 1. The molecule has 0 unspecified atom stereocenters. The topological polar surface area (TPSA) is 50.7 Å². The van der Waals surface area contributed by atoms with Gasteiger partial charge < -0.3 is 4.74 Å². The summed E-state index contributed by atoms with van der Waals surface area (Å²) in [5.41, 5.74) is 5.30. The lowest BCUT2D eigenvalue weighted by Gasteiger charge is -2.03. The second-order valence-electron chi connectivity index (χ2n) is 5.06. The maximum Gasteiger partial charge on any atom is 0.244 e. The van der Waals surface area contributed by atoms with E-state index in [0.717, 1.165) is 22.6 Å². The van der Waals surface area contributed by atoms with E-state index < -0.39 is 0 Å². The third-order valence-corrected chi connectivity index (χ3v) is 3.20. The van der Waals surface area contributed by atoms with Crippen LogP contribution in [-0.2, 0) is 11.2 Å². The number of hydrazone groups is 1. The SMILES string of the molecule is COc1ccc(CC(=O)NN=C(C)C=Cc2ccccc2)cc1. The molecule has 0 atom stereocenters. The molecule has 0 aromatic heterocycles.